The number of carbonyl (C=O) groups is 1. The molecule has 0 atom stereocenters. The molecule has 7 heteroatoms. The maximum atomic E-state index is 12.6. The highest BCUT2D eigenvalue weighted by atomic mass is 79.9. The molecule has 0 fully saturated rings. The summed E-state index contributed by atoms with van der Waals surface area (Å²) in [6, 6.07) is 2.94. The molecule has 1 amide bonds. The molecule has 0 saturated carbocycles. The summed E-state index contributed by atoms with van der Waals surface area (Å²) in [5.74, 6) is -0.583. The Morgan fingerprint density at radius 2 is 2.10 bits per heavy atom. The Hall–Kier alpha value is -1.34. The predicted molar refractivity (Wildman–Crippen MR) is 77.1 cm³/mol. The highest BCUT2D eigenvalue weighted by molar-refractivity contribution is 9.10. The third kappa shape index (κ3) is 5.89. The van der Waals surface area contributed by atoms with Gasteiger partial charge in [-0.3, -0.25) is 4.79 Å². The van der Waals surface area contributed by atoms with E-state index in [4.69, 9.17) is 4.74 Å². The lowest BCUT2D eigenvalue weighted by Gasteiger charge is -2.11. The smallest absolute Gasteiger partial charge is 0.379 e. The van der Waals surface area contributed by atoms with Crippen molar-refractivity contribution in [1.29, 1.82) is 0 Å². The first kappa shape index (κ1) is 17.7. The number of hydrogen-bond donors (Lipinski definition) is 1. The molecule has 1 aromatic rings. The molecule has 0 radical (unpaired) electrons. The SMILES string of the molecule is C=CCCOCCNC(=O)c1cc(C(F)(F)F)ccc1Br. The molecule has 0 unspecified atom stereocenters. The Morgan fingerprint density at radius 3 is 2.71 bits per heavy atom. The fraction of sp³-hybridized carbons (Fsp3) is 0.357. The maximum Gasteiger partial charge on any atom is 0.416 e. The van der Waals surface area contributed by atoms with Gasteiger partial charge in [0.15, 0.2) is 0 Å². The lowest BCUT2D eigenvalue weighted by Crippen LogP contribution is -2.28. The molecule has 1 aromatic carbocycles. The van der Waals surface area contributed by atoms with Gasteiger partial charge >= 0.3 is 6.18 Å². The third-order valence-electron chi connectivity index (χ3n) is 2.54. The number of carbonyl (C=O) groups excluding carboxylic acids is 1. The van der Waals surface area contributed by atoms with Gasteiger partial charge in [0.2, 0.25) is 0 Å². The van der Waals surface area contributed by atoms with Crippen molar-refractivity contribution in [1.82, 2.24) is 5.32 Å². The summed E-state index contributed by atoms with van der Waals surface area (Å²) >= 11 is 3.07. The Kier molecular flexibility index (Phi) is 6.91. The predicted octanol–water partition coefficient (Wildman–Crippen LogP) is 3.79. The van der Waals surface area contributed by atoms with E-state index in [9.17, 15) is 18.0 Å². The van der Waals surface area contributed by atoms with Gasteiger partial charge in [-0.25, -0.2) is 0 Å². The van der Waals surface area contributed by atoms with Crippen LogP contribution in [0, 0.1) is 0 Å². The summed E-state index contributed by atoms with van der Waals surface area (Å²) < 4.78 is 43.3. The number of hydrogen-bond acceptors (Lipinski definition) is 2. The van der Waals surface area contributed by atoms with Crippen LogP contribution in [0.4, 0.5) is 13.2 Å². The minimum atomic E-state index is -4.48. The van der Waals surface area contributed by atoms with E-state index in [0.29, 0.717) is 17.5 Å². The zero-order valence-corrected chi connectivity index (χ0v) is 12.8. The number of rotatable bonds is 7. The van der Waals surface area contributed by atoms with Crippen molar-refractivity contribution in [2.75, 3.05) is 19.8 Å². The Balaban J connectivity index is 2.59. The Morgan fingerprint density at radius 1 is 1.38 bits per heavy atom. The van der Waals surface area contributed by atoms with Crippen LogP contribution in [-0.2, 0) is 10.9 Å². The highest BCUT2D eigenvalue weighted by Gasteiger charge is 2.31. The van der Waals surface area contributed by atoms with Crippen molar-refractivity contribution in [3.8, 4) is 0 Å². The van der Waals surface area contributed by atoms with E-state index in [1.165, 1.54) is 6.07 Å². The molecular formula is C14H15BrF3NO2. The number of amides is 1. The average molecular weight is 366 g/mol. The second-order valence-corrected chi connectivity index (χ2v) is 4.99. The van der Waals surface area contributed by atoms with Gasteiger partial charge in [0, 0.05) is 11.0 Å². The molecular weight excluding hydrogens is 351 g/mol. The lowest BCUT2D eigenvalue weighted by molar-refractivity contribution is -0.137. The van der Waals surface area contributed by atoms with E-state index < -0.39 is 17.6 Å². The molecule has 116 valence electrons. The minimum Gasteiger partial charge on any atom is -0.379 e. The molecule has 1 rings (SSSR count). The first-order valence-electron chi connectivity index (χ1n) is 6.20. The van der Waals surface area contributed by atoms with Gasteiger partial charge in [0.05, 0.1) is 24.3 Å². The molecule has 0 spiro atoms. The van der Waals surface area contributed by atoms with Crippen LogP contribution in [0.5, 0.6) is 0 Å². The van der Waals surface area contributed by atoms with E-state index in [1.54, 1.807) is 6.08 Å². The number of benzene rings is 1. The van der Waals surface area contributed by atoms with Crippen LogP contribution in [0.25, 0.3) is 0 Å². The first-order chi connectivity index (χ1) is 9.86. The standard InChI is InChI=1S/C14H15BrF3NO2/c1-2-3-7-21-8-6-19-13(20)11-9-10(14(16,17)18)4-5-12(11)15/h2,4-5,9H,1,3,6-8H2,(H,19,20). The van der Waals surface area contributed by atoms with Gasteiger partial charge < -0.3 is 10.1 Å². The van der Waals surface area contributed by atoms with E-state index >= 15 is 0 Å². The van der Waals surface area contributed by atoms with Crippen LogP contribution in [0.15, 0.2) is 35.3 Å². The van der Waals surface area contributed by atoms with E-state index in [0.717, 1.165) is 12.1 Å². The first-order valence-corrected chi connectivity index (χ1v) is 6.99. The van der Waals surface area contributed by atoms with Crippen LogP contribution in [-0.4, -0.2) is 25.7 Å². The van der Waals surface area contributed by atoms with Gasteiger partial charge in [-0.05, 0) is 40.5 Å². The summed E-state index contributed by atoms with van der Waals surface area (Å²) in [6.45, 7) is 4.54. The van der Waals surface area contributed by atoms with Crippen molar-refractivity contribution >= 4 is 21.8 Å². The summed E-state index contributed by atoms with van der Waals surface area (Å²) in [5.41, 5.74) is -0.922. The van der Waals surface area contributed by atoms with Crippen LogP contribution >= 0.6 is 15.9 Å². The number of ether oxygens (including phenoxy) is 1. The normalized spacial score (nSPS) is 11.2. The van der Waals surface area contributed by atoms with E-state index in [1.807, 2.05) is 0 Å². The van der Waals surface area contributed by atoms with Crippen molar-refractivity contribution in [3.63, 3.8) is 0 Å². The molecule has 21 heavy (non-hydrogen) atoms. The lowest BCUT2D eigenvalue weighted by atomic mass is 10.1. The third-order valence-corrected chi connectivity index (χ3v) is 3.23. The molecule has 0 saturated heterocycles. The van der Waals surface area contributed by atoms with Crippen molar-refractivity contribution < 1.29 is 22.7 Å². The molecule has 0 aliphatic heterocycles. The largest absolute Gasteiger partial charge is 0.416 e. The van der Waals surface area contributed by atoms with Gasteiger partial charge in [0.25, 0.3) is 5.91 Å². The quantitative estimate of drug-likeness (QED) is 0.589. The van der Waals surface area contributed by atoms with Gasteiger partial charge in [0.1, 0.15) is 0 Å². The minimum absolute atomic E-state index is 0.0593. The zero-order valence-electron chi connectivity index (χ0n) is 11.2. The van der Waals surface area contributed by atoms with Crippen molar-refractivity contribution in [2.24, 2.45) is 0 Å². The van der Waals surface area contributed by atoms with Crippen LogP contribution < -0.4 is 5.32 Å². The fourth-order valence-electron chi connectivity index (χ4n) is 1.48. The van der Waals surface area contributed by atoms with Crippen molar-refractivity contribution in [3.05, 3.63) is 46.5 Å². The monoisotopic (exact) mass is 365 g/mol. The average Bonchev–Trinajstić information content (AvgIpc) is 2.41. The second-order valence-electron chi connectivity index (χ2n) is 4.14. The van der Waals surface area contributed by atoms with Crippen LogP contribution in [0.1, 0.15) is 22.3 Å². The summed E-state index contributed by atoms with van der Waals surface area (Å²) in [6.07, 6.45) is -2.07. The number of alkyl halides is 3. The van der Waals surface area contributed by atoms with Crippen LogP contribution in [0.3, 0.4) is 0 Å². The Labute approximate surface area is 129 Å². The summed E-state index contributed by atoms with van der Waals surface area (Å²) in [5, 5.41) is 2.51. The molecule has 0 aliphatic carbocycles. The van der Waals surface area contributed by atoms with Gasteiger partial charge in [-0.2, -0.15) is 13.2 Å². The van der Waals surface area contributed by atoms with Crippen molar-refractivity contribution in [2.45, 2.75) is 12.6 Å². The van der Waals surface area contributed by atoms with Gasteiger partial charge in [-0.1, -0.05) is 6.08 Å². The van der Waals surface area contributed by atoms with E-state index in [2.05, 4.69) is 27.8 Å². The molecule has 0 bridgehead atoms. The maximum absolute atomic E-state index is 12.6. The molecule has 0 aromatic heterocycles. The topological polar surface area (TPSA) is 38.3 Å². The molecule has 0 heterocycles. The number of nitrogens with one attached hydrogen (secondary N) is 1. The summed E-state index contributed by atoms with van der Waals surface area (Å²) in [7, 11) is 0. The Bertz CT molecular complexity index is 503. The second kappa shape index (κ2) is 8.19. The fourth-order valence-corrected chi connectivity index (χ4v) is 1.90. The molecule has 0 aliphatic rings. The van der Waals surface area contributed by atoms with E-state index in [-0.39, 0.29) is 18.7 Å². The summed E-state index contributed by atoms with van der Waals surface area (Å²) in [4.78, 5) is 11.9. The van der Waals surface area contributed by atoms with Gasteiger partial charge in [-0.15, -0.1) is 6.58 Å². The van der Waals surface area contributed by atoms with Crippen LogP contribution in [0.2, 0.25) is 0 Å². The number of halogens is 4. The molecule has 1 N–H and O–H groups in total. The zero-order chi connectivity index (χ0) is 15.9. The highest BCUT2D eigenvalue weighted by Crippen LogP contribution is 2.31. The molecule has 3 nitrogen and oxygen atoms in total.